The van der Waals surface area contributed by atoms with Gasteiger partial charge in [0.1, 0.15) is 0 Å². The monoisotopic (exact) mass is 270 g/mol. The lowest BCUT2D eigenvalue weighted by Gasteiger charge is -2.22. The largest absolute Gasteiger partial charge is 0.386 e. The van der Waals surface area contributed by atoms with Crippen LogP contribution in [0.3, 0.4) is 0 Å². The summed E-state index contributed by atoms with van der Waals surface area (Å²) in [6, 6.07) is 0. The van der Waals surface area contributed by atoms with Crippen molar-refractivity contribution >= 4 is 10.9 Å². The summed E-state index contributed by atoms with van der Waals surface area (Å²) >= 11 is 0. The Balaban J connectivity index is 3.71. The molecule has 1 aromatic carbocycles. The first-order valence-corrected chi connectivity index (χ1v) is 7.08. The summed E-state index contributed by atoms with van der Waals surface area (Å²) in [6.45, 7) is 2.13. The van der Waals surface area contributed by atoms with E-state index in [0.717, 1.165) is 13.8 Å². The molecule has 0 heterocycles. The quantitative estimate of drug-likeness (QED) is 0.481. The van der Waals surface area contributed by atoms with Gasteiger partial charge in [-0.1, -0.05) is 0 Å². The van der Waals surface area contributed by atoms with Crippen LogP contribution in [0.2, 0.25) is 0 Å². The second-order valence-corrected chi connectivity index (χ2v) is 6.67. The molecule has 0 saturated heterocycles. The first-order chi connectivity index (χ1) is 7.59. The maximum Gasteiger partial charge on any atom is 0.174 e. The zero-order valence-electron chi connectivity index (χ0n) is 9.91. The van der Waals surface area contributed by atoms with Gasteiger partial charge in [-0.25, -0.2) is 28.5 Å². The number of thiol groups is 1. The van der Waals surface area contributed by atoms with Crippen LogP contribution in [0.1, 0.15) is 19.4 Å². The third kappa shape index (κ3) is 2.42. The zero-order chi connectivity index (χ0) is 13.5. The molecule has 17 heavy (non-hydrogen) atoms. The average Bonchev–Trinajstić information content (AvgIpc) is 2.12. The highest BCUT2D eigenvalue weighted by Crippen LogP contribution is 2.39. The molecule has 6 heteroatoms. The Bertz CT molecular complexity index is 423. The molecule has 0 aliphatic heterocycles. The van der Waals surface area contributed by atoms with Crippen molar-refractivity contribution in [3.8, 4) is 0 Å². The fourth-order valence-electron chi connectivity index (χ4n) is 1.55. The van der Waals surface area contributed by atoms with Gasteiger partial charge in [-0.3, -0.25) is 0 Å². The van der Waals surface area contributed by atoms with Gasteiger partial charge in [0.25, 0.3) is 0 Å². The molecule has 0 unspecified atom stereocenters. The molecule has 0 aliphatic rings. The van der Waals surface area contributed by atoms with Crippen molar-refractivity contribution < 1.29 is 22.7 Å². The first-order valence-electron chi connectivity index (χ1n) is 4.85. The van der Waals surface area contributed by atoms with E-state index < -0.39 is 50.2 Å². The van der Waals surface area contributed by atoms with Crippen molar-refractivity contribution in [2.75, 3.05) is 12.5 Å². The molecule has 1 rings (SSSR count). The highest BCUT2D eigenvalue weighted by atomic mass is 32.2. The van der Waals surface area contributed by atoms with Crippen LogP contribution >= 0.6 is 10.9 Å². The number of hydrogen-bond donors (Lipinski definition) is 2. The lowest BCUT2D eigenvalue weighted by Crippen LogP contribution is -2.22. The molecule has 0 fully saturated rings. The van der Waals surface area contributed by atoms with Crippen LogP contribution in [0.4, 0.5) is 17.6 Å². The van der Waals surface area contributed by atoms with E-state index in [0.29, 0.717) is 0 Å². The van der Waals surface area contributed by atoms with E-state index in [4.69, 9.17) is 0 Å². The SMILES string of the molecule is C[SH](C)c1c(F)c(F)c(C(C)(C)O)c(F)c1F. The highest BCUT2D eigenvalue weighted by molar-refractivity contribution is 8.15. The number of hydrogen-bond acceptors (Lipinski definition) is 1. The Morgan fingerprint density at radius 2 is 1.24 bits per heavy atom. The Hall–Kier alpha value is -0.750. The first kappa shape index (κ1) is 14.3. The Morgan fingerprint density at radius 1 is 0.882 bits per heavy atom. The van der Waals surface area contributed by atoms with Gasteiger partial charge in [0.2, 0.25) is 0 Å². The molecule has 0 amide bonds. The van der Waals surface area contributed by atoms with Crippen LogP contribution in [0.15, 0.2) is 4.90 Å². The Labute approximate surface area is 99.8 Å². The maximum atomic E-state index is 13.6. The minimum Gasteiger partial charge on any atom is -0.386 e. The fourth-order valence-corrected chi connectivity index (χ4v) is 2.53. The Morgan fingerprint density at radius 3 is 1.47 bits per heavy atom. The molecule has 1 N–H and O–H groups in total. The summed E-state index contributed by atoms with van der Waals surface area (Å²) in [5.41, 5.74) is -2.97. The molecule has 0 saturated carbocycles. The van der Waals surface area contributed by atoms with E-state index in [-0.39, 0.29) is 0 Å². The summed E-state index contributed by atoms with van der Waals surface area (Å²) in [5.74, 6) is -5.89. The van der Waals surface area contributed by atoms with Gasteiger partial charge in [0.05, 0.1) is 16.1 Å². The summed E-state index contributed by atoms with van der Waals surface area (Å²) in [7, 11) is -1.33. The summed E-state index contributed by atoms with van der Waals surface area (Å²) in [6.07, 6.45) is 2.97. The minimum atomic E-state index is -1.99. The predicted molar refractivity (Wildman–Crippen MR) is 60.6 cm³/mol. The molecule has 1 nitrogen and oxygen atoms in total. The normalized spacial score (nSPS) is 12.9. The van der Waals surface area contributed by atoms with Crippen molar-refractivity contribution in [2.24, 2.45) is 0 Å². The minimum absolute atomic E-state index is 0.581. The summed E-state index contributed by atoms with van der Waals surface area (Å²) < 4.78 is 54.5. The van der Waals surface area contributed by atoms with Crippen LogP contribution in [-0.2, 0) is 5.60 Å². The molecule has 0 aromatic heterocycles. The molecule has 0 aliphatic carbocycles. The predicted octanol–water partition coefficient (Wildman–Crippen LogP) is 3.09. The summed E-state index contributed by atoms with van der Waals surface area (Å²) in [5, 5.41) is 9.52. The van der Waals surface area contributed by atoms with E-state index in [1.54, 1.807) is 0 Å². The van der Waals surface area contributed by atoms with Crippen molar-refractivity contribution in [1.29, 1.82) is 0 Å². The third-order valence-corrected chi connectivity index (χ3v) is 3.59. The van der Waals surface area contributed by atoms with Gasteiger partial charge < -0.3 is 5.11 Å². The van der Waals surface area contributed by atoms with Crippen LogP contribution in [0, 0.1) is 23.3 Å². The molecule has 0 bridgehead atoms. The van der Waals surface area contributed by atoms with Crippen molar-refractivity contribution in [2.45, 2.75) is 24.3 Å². The van der Waals surface area contributed by atoms with Crippen molar-refractivity contribution in [3.63, 3.8) is 0 Å². The molecule has 0 radical (unpaired) electrons. The van der Waals surface area contributed by atoms with E-state index in [9.17, 15) is 22.7 Å². The number of rotatable bonds is 2. The topological polar surface area (TPSA) is 20.2 Å². The lowest BCUT2D eigenvalue weighted by molar-refractivity contribution is 0.0678. The van der Waals surface area contributed by atoms with E-state index in [1.165, 1.54) is 12.5 Å². The summed E-state index contributed by atoms with van der Waals surface area (Å²) in [4.78, 5) is -0.581. The molecule has 1 aromatic rings. The number of benzene rings is 1. The van der Waals surface area contributed by atoms with Crippen molar-refractivity contribution in [1.82, 2.24) is 0 Å². The standard InChI is InChI=1S/C11H14F4OS/c1-11(2,16)5-6(12)8(14)10(17(3)4)9(15)7(5)13/h16-17H,1-4H3. The van der Waals surface area contributed by atoms with Crippen LogP contribution < -0.4 is 0 Å². The second kappa shape index (κ2) is 4.49. The lowest BCUT2D eigenvalue weighted by atomic mass is 9.96. The molecular weight excluding hydrogens is 256 g/mol. The van der Waals surface area contributed by atoms with Gasteiger partial charge in [0.15, 0.2) is 23.3 Å². The van der Waals surface area contributed by atoms with E-state index in [2.05, 4.69) is 0 Å². The van der Waals surface area contributed by atoms with Gasteiger partial charge >= 0.3 is 0 Å². The maximum absolute atomic E-state index is 13.6. The zero-order valence-corrected chi connectivity index (χ0v) is 10.8. The van der Waals surface area contributed by atoms with Gasteiger partial charge in [-0.15, -0.1) is 0 Å². The van der Waals surface area contributed by atoms with Crippen molar-refractivity contribution in [3.05, 3.63) is 28.8 Å². The van der Waals surface area contributed by atoms with E-state index in [1.807, 2.05) is 0 Å². The molecule has 0 spiro atoms. The van der Waals surface area contributed by atoms with Gasteiger partial charge in [0, 0.05) is 0 Å². The van der Waals surface area contributed by atoms with Gasteiger partial charge in [-0.05, 0) is 26.4 Å². The Kier molecular flexibility index (Phi) is 3.78. The number of halogens is 4. The van der Waals surface area contributed by atoms with E-state index >= 15 is 0 Å². The van der Waals surface area contributed by atoms with Crippen LogP contribution in [0.5, 0.6) is 0 Å². The van der Waals surface area contributed by atoms with Gasteiger partial charge in [-0.2, -0.15) is 0 Å². The molecule has 0 atom stereocenters. The smallest absolute Gasteiger partial charge is 0.174 e. The average molecular weight is 270 g/mol. The second-order valence-electron chi connectivity index (χ2n) is 4.43. The highest BCUT2D eigenvalue weighted by Gasteiger charge is 2.33. The van der Waals surface area contributed by atoms with Crippen LogP contribution in [-0.4, -0.2) is 17.6 Å². The molecule has 98 valence electrons. The fraction of sp³-hybridized carbons (Fsp3) is 0.455. The number of aliphatic hydroxyl groups is 1. The third-order valence-electron chi connectivity index (χ3n) is 2.30. The molecular formula is C11H14F4OS. The van der Waals surface area contributed by atoms with Crippen LogP contribution in [0.25, 0.3) is 0 Å².